The first kappa shape index (κ1) is 22.5. The van der Waals surface area contributed by atoms with E-state index < -0.39 is 11.6 Å². The molecule has 0 saturated heterocycles. The Balaban J connectivity index is 2.09. The molecule has 0 atom stereocenters. The number of anilines is 2. The third-order valence-electron chi connectivity index (χ3n) is 5.12. The summed E-state index contributed by atoms with van der Waals surface area (Å²) in [6, 6.07) is 5.81. The summed E-state index contributed by atoms with van der Waals surface area (Å²) in [6.07, 6.45) is 0. The van der Waals surface area contributed by atoms with Gasteiger partial charge in [-0.2, -0.15) is 4.65 Å². The van der Waals surface area contributed by atoms with Crippen molar-refractivity contribution in [3.05, 3.63) is 46.5 Å². The van der Waals surface area contributed by atoms with Crippen LogP contribution in [0.5, 0.6) is 11.5 Å². The first-order chi connectivity index (χ1) is 14.5. The number of nitrogens with one attached hydrogen (secondary N) is 2. The second-order valence-electron chi connectivity index (χ2n) is 8.42. The van der Waals surface area contributed by atoms with Gasteiger partial charge in [-0.05, 0) is 38.4 Å². The Morgan fingerprint density at radius 2 is 1.26 bits per heavy atom. The molecular weight excluding hydrogens is 400 g/mol. The number of quaternary nitrogens is 1. The fraction of sp³-hybridized carbons (Fsp3) is 0.364. The second kappa shape index (κ2) is 8.54. The number of phenols is 2. The highest BCUT2D eigenvalue weighted by atomic mass is 16.5. The van der Waals surface area contributed by atoms with Crippen LogP contribution in [-0.4, -0.2) is 90.9 Å². The van der Waals surface area contributed by atoms with Gasteiger partial charge in [0.2, 0.25) is 11.6 Å². The zero-order valence-electron chi connectivity index (χ0n) is 18.2. The molecule has 0 aromatic heterocycles. The standard InChI is InChI=1S/C22H28N4O5/c1-25(2)11-9-23-13-5-6-14(24-10-12-26(3,4)31)18-17(13)21(29)19-15(27)7-8-16(28)20(19)22(18)30/h5-8,31H,9-12H2,1-4H3,(H3-,23,24,27,28,29,30)/p+1. The molecule has 1 aliphatic rings. The Hall–Kier alpha value is -3.14. The lowest BCUT2D eigenvalue weighted by Gasteiger charge is -2.26. The number of benzene rings is 2. The Labute approximate surface area is 181 Å². The number of fused-ring (bicyclic) bond motifs is 2. The van der Waals surface area contributed by atoms with Crippen LogP contribution in [0.1, 0.15) is 31.8 Å². The van der Waals surface area contributed by atoms with Gasteiger partial charge in [0.25, 0.3) is 0 Å². The highest BCUT2D eigenvalue weighted by molar-refractivity contribution is 6.33. The Morgan fingerprint density at radius 1 is 0.806 bits per heavy atom. The zero-order valence-corrected chi connectivity index (χ0v) is 18.2. The molecule has 5 N–H and O–H groups in total. The van der Waals surface area contributed by atoms with Crippen molar-refractivity contribution >= 4 is 22.9 Å². The first-order valence-electron chi connectivity index (χ1n) is 10.0. The predicted molar refractivity (Wildman–Crippen MR) is 117 cm³/mol. The molecule has 0 aliphatic heterocycles. The summed E-state index contributed by atoms with van der Waals surface area (Å²) < 4.78 is -0.260. The lowest BCUT2D eigenvalue weighted by atomic mass is 9.81. The third kappa shape index (κ3) is 4.63. The summed E-state index contributed by atoms with van der Waals surface area (Å²) in [6.45, 7) is 1.97. The van der Waals surface area contributed by atoms with Crippen LogP contribution in [0.3, 0.4) is 0 Å². The van der Waals surface area contributed by atoms with Crippen LogP contribution in [0.15, 0.2) is 24.3 Å². The minimum atomic E-state index is -0.547. The molecule has 0 unspecified atom stereocenters. The maximum absolute atomic E-state index is 13.4. The summed E-state index contributed by atoms with van der Waals surface area (Å²) >= 11 is 0. The number of hydrogen-bond acceptors (Lipinski definition) is 8. The van der Waals surface area contributed by atoms with Crippen molar-refractivity contribution < 1.29 is 29.7 Å². The smallest absolute Gasteiger partial charge is 0.200 e. The van der Waals surface area contributed by atoms with Gasteiger partial charge in [0.15, 0.2) is 0 Å². The largest absolute Gasteiger partial charge is 0.507 e. The third-order valence-corrected chi connectivity index (χ3v) is 5.12. The molecular formula is C22H29N4O5+. The predicted octanol–water partition coefficient (Wildman–Crippen LogP) is 1.72. The van der Waals surface area contributed by atoms with Gasteiger partial charge in [-0.3, -0.25) is 9.59 Å². The number of ketones is 2. The van der Waals surface area contributed by atoms with Gasteiger partial charge >= 0.3 is 0 Å². The van der Waals surface area contributed by atoms with E-state index in [9.17, 15) is 25.0 Å². The van der Waals surface area contributed by atoms with Crippen LogP contribution >= 0.6 is 0 Å². The lowest BCUT2D eigenvalue weighted by molar-refractivity contribution is -1.07. The highest BCUT2D eigenvalue weighted by Gasteiger charge is 2.38. The van der Waals surface area contributed by atoms with Gasteiger partial charge in [0, 0.05) is 24.5 Å². The average Bonchev–Trinajstić information content (AvgIpc) is 2.67. The summed E-state index contributed by atoms with van der Waals surface area (Å²) in [4.78, 5) is 28.8. The van der Waals surface area contributed by atoms with Crippen molar-refractivity contribution in [1.29, 1.82) is 0 Å². The maximum Gasteiger partial charge on any atom is 0.200 e. The summed E-state index contributed by atoms with van der Waals surface area (Å²) in [7, 11) is 7.11. The topological polar surface area (TPSA) is 122 Å². The van der Waals surface area contributed by atoms with Crippen LogP contribution < -0.4 is 10.6 Å². The molecule has 3 rings (SSSR count). The summed E-state index contributed by atoms with van der Waals surface area (Å²) in [5, 5.41) is 36.8. The molecule has 31 heavy (non-hydrogen) atoms. The number of hydrogen-bond donors (Lipinski definition) is 5. The number of phenolic OH excluding ortho intramolecular Hbond substituents is 2. The quantitative estimate of drug-likeness (QED) is 0.208. The minimum absolute atomic E-state index is 0.136. The van der Waals surface area contributed by atoms with Crippen LogP contribution in [0.4, 0.5) is 11.4 Å². The molecule has 9 nitrogen and oxygen atoms in total. The average molecular weight is 429 g/mol. The van der Waals surface area contributed by atoms with Crippen molar-refractivity contribution in [2.24, 2.45) is 0 Å². The molecule has 0 spiro atoms. The van der Waals surface area contributed by atoms with Gasteiger partial charge in [-0.25, -0.2) is 5.21 Å². The molecule has 0 bridgehead atoms. The number of carbonyl (C=O) groups is 2. The fourth-order valence-electron chi connectivity index (χ4n) is 3.54. The van der Waals surface area contributed by atoms with Crippen LogP contribution in [0.25, 0.3) is 0 Å². The van der Waals surface area contributed by atoms with E-state index in [1.165, 1.54) is 12.1 Å². The molecule has 166 valence electrons. The maximum atomic E-state index is 13.4. The first-order valence-corrected chi connectivity index (χ1v) is 10.0. The molecule has 0 fully saturated rings. The number of aromatic hydroxyl groups is 2. The molecule has 0 radical (unpaired) electrons. The number of nitrogens with zero attached hydrogens (tertiary/aromatic N) is 2. The number of carbonyl (C=O) groups excluding carboxylic acids is 2. The van der Waals surface area contributed by atoms with Crippen molar-refractivity contribution in [3.63, 3.8) is 0 Å². The fourth-order valence-corrected chi connectivity index (χ4v) is 3.54. The molecule has 0 heterocycles. The molecule has 0 amide bonds. The molecule has 9 heteroatoms. The van der Waals surface area contributed by atoms with Gasteiger partial charge in [0.1, 0.15) is 18.0 Å². The summed E-state index contributed by atoms with van der Waals surface area (Å²) in [5.41, 5.74) is 0.792. The van der Waals surface area contributed by atoms with Gasteiger partial charge in [0.05, 0.1) is 42.9 Å². The van der Waals surface area contributed by atoms with E-state index in [0.29, 0.717) is 37.6 Å². The minimum Gasteiger partial charge on any atom is -0.507 e. The van der Waals surface area contributed by atoms with Gasteiger partial charge in [-0.15, -0.1) is 0 Å². The zero-order chi connectivity index (χ0) is 22.9. The van der Waals surface area contributed by atoms with Crippen LogP contribution in [0, 0.1) is 0 Å². The van der Waals surface area contributed by atoms with E-state index >= 15 is 0 Å². The second-order valence-corrected chi connectivity index (χ2v) is 8.42. The number of hydroxylamine groups is 3. The van der Waals surface area contributed by atoms with Crippen molar-refractivity contribution in [2.45, 2.75) is 0 Å². The van der Waals surface area contributed by atoms with E-state index in [1.807, 2.05) is 19.0 Å². The Bertz CT molecular complexity index is 1030. The Morgan fingerprint density at radius 3 is 1.68 bits per heavy atom. The molecule has 2 aromatic rings. The number of likely N-dealkylation sites (N-methyl/N-ethyl adjacent to an activating group) is 2. The van der Waals surface area contributed by atoms with E-state index in [4.69, 9.17) is 0 Å². The van der Waals surface area contributed by atoms with Gasteiger partial charge in [-0.1, -0.05) is 0 Å². The van der Waals surface area contributed by atoms with Crippen LogP contribution in [-0.2, 0) is 0 Å². The van der Waals surface area contributed by atoms with Crippen molar-refractivity contribution in [1.82, 2.24) is 4.90 Å². The van der Waals surface area contributed by atoms with E-state index in [2.05, 4.69) is 10.6 Å². The highest BCUT2D eigenvalue weighted by Crippen LogP contribution is 2.42. The van der Waals surface area contributed by atoms with Gasteiger partial charge < -0.3 is 25.7 Å². The normalized spacial score (nSPS) is 13.2. The number of rotatable bonds is 8. The molecule has 1 aliphatic carbocycles. The van der Waals surface area contributed by atoms with Crippen molar-refractivity contribution in [3.8, 4) is 11.5 Å². The Kier molecular flexibility index (Phi) is 6.21. The molecule has 2 aromatic carbocycles. The van der Waals surface area contributed by atoms with Crippen molar-refractivity contribution in [2.75, 3.05) is 65.0 Å². The van der Waals surface area contributed by atoms with Crippen LogP contribution in [0.2, 0.25) is 0 Å². The lowest BCUT2D eigenvalue weighted by Crippen LogP contribution is -2.39. The van der Waals surface area contributed by atoms with E-state index in [1.54, 1.807) is 26.2 Å². The summed E-state index contributed by atoms with van der Waals surface area (Å²) in [5.74, 6) is -1.79. The van der Waals surface area contributed by atoms with E-state index in [0.717, 1.165) is 0 Å². The monoisotopic (exact) mass is 429 g/mol. The van der Waals surface area contributed by atoms with E-state index in [-0.39, 0.29) is 38.4 Å². The molecule has 0 saturated carbocycles. The SMILES string of the molecule is CN(C)CCNc1ccc(NCC[N+](C)(C)O)c2c1C(=O)c1c(O)ccc(O)c1C2=O.